The number of amides is 1. The lowest BCUT2D eigenvalue weighted by Gasteiger charge is -2.14. The van der Waals surface area contributed by atoms with Gasteiger partial charge in [-0.15, -0.1) is 0 Å². The van der Waals surface area contributed by atoms with E-state index >= 15 is 0 Å². The number of hydrogen-bond donors (Lipinski definition) is 1. The zero-order valence-corrected chi connectivity index (χ0v) is 16.0. The molecule has 0 fully saturated rings. The van der Waals surface area contributed by atoms with Gasteiger partial charge in [-0.05, 0) is 46.9 Å². The minimum absolute atomic E-state index is 0.274. The number of rotatable bonds is 6. The molecule has 1 N–H and O–H groups in total. The molecule has 0 heterocycles. The van der Waals surface area contributed by atoms with Crippen LogP contribution in [0.3, 0.4) is 0 Å². The molecular weight excluding hydrogens is 425 g/mol. The van der Waals surface area contributed by atoms with Crippen LogP contribution in [0.5, 0.6) is 23.0 Å². The summed E-state index contributed by atoms with van der Waals surface area (Å²) in [5.41, 5.74) is 1.03. The molecule has 0 atom stereocenters. The van der Waals surface area contributed by atoms with Crippen LogP contribution in [-0.4, -0.2) is 34.3 Å². The zero-order chi connectivity index (χ0) is 17.7. The van der Waals surface area contributed by atoms with E-state index < -0.39 is 0 Å². The summed E-state index contributed by atoms with van der Waals surface area (Å²) in [6.45, 7) is 0. The Morgan fingerprint density at radius 3 is 2.08 bits per heavy atom. The number of methoxy groups -OCH3 is 4. The van der Waals surface area contributed by atoms with Crippen LogP contribution in [0, 0.1) is 3.57 Å². The molecule has 24 heavy (non-hydrogen) atoms. The summed E-state index contributed by atoms with van der Waals surface area (Å²) in [5.74, 6) is 1.94. The average molecular weight is 443 g/mol. The van der Waals surface area contributed by atoms with Gasteiger partial charge in [0.2, 0.25) is 0 Å². The molecule has 2 rings (SSSR count). The second-order valence-electron chi connectivity index (χ2n) is 4.71. The first-order chi connectivity index (χ1) is 11.5. The number of anilines is 1. The minimum Gasteiger partial charge on any atom is -0.497 e. The lowest BCUT2D eigenvalue weighted by atomic mass is 10.1. The Hall–Kier alpha value is -2.16. The Kier molecular flexibility index (Phi) is 6.13. The second-order valence-corrected chi connectivity index (χ2v) is 5.87. The van der Waals surface area contributed by atoms with Crippen LogP contribution in [0.25, 0.3) is 0 Å². The number of ether oxygens (including phenoxy) is 4. The Labute approximate surface area is 154 Å². The van der Waals surface area contributed by atoms with Crippen LogP contribution in [0.15, 0.2) is 30.3 Å². The van der Waals surface area contributed by atoms with E-state index in [1.807, 2.05) is 0 Å². The summed E-state index contributed by atoms with van der Waals surface area (Å²) in [7, 11) is 6.18. The van der Waals surface area contributed by atoms with Crippen molar-refractivity contribution in [1.29, 1.82) is 0 Å². The van der Waals surface area contributed by atoms with Gasteiger partial charge in [0, 0.05) is 9.64 Å². The molecule has 2 aromatic rings. The monoisotopic (exact) mass is 443 g/mol. The van der Waals surface area contributed by atoms with Crippen LogP contribution in [0.1, 0.15) is 10.4 Å². The SMILES string of the molecule is COc1ccc(NC(=O)c2cc(OC)c(OC)cc2I)c(OC)c1. The number of carbonyl (C=O) groups excluding carboxylic acids is 1. The van der Waals surface area contributed by atoms with Crippen molar-refractivity contribution in [1.82, 2.24) is 0 Å². The molecule has 0 bridgehead atoms. The van der Waals surface area contributed by atoms with Crippen molar-refractivity contribution in [3.05, 3.63) is 39.5 Å². The fourth-order valence-corrected chi connectivity index (χ4v) is 2.80. The Morgan fingerprint density at radius 1 is 0.875 bits per heavy atom. The van der Waals surface area contributed by atoms with Gasteiger partial charge in [0.25, 0.3) is 5.91 Å². The Morgan fingerprint density at radius 2 is 1.50 bits per heavy atom. The molecule has 1 amide bonds. The topological polar surface area (TPSA) is 66.0 Å². The highest BCUT2D eigenvalue weighted by molar-refractivity contribution is 14.1. The van der Waals surface area contributed by atoms with Gasteiger partial charge in [0.1, 0.15) is 11.5 Å². The van der Waals surface area contributed by atoms with E-state index in [4.69, 9.17) is 18.9 Å². The molecule has 0 saturated heterocycles. The maximum absolute atomic E-state index is 12.6. The number of hydrogen-bond acceptors (Lipinski definition) is 5. The highest BCUT2D eigenvalue weighted by Crippen LogP contribution is 2.33. The van der Waals surface area contributed by atoms with E-state index in [1.165, 1.54) is 14.2 Å². The molecule has 0 saturated carbocycles. The van der Waals surface area contributed by atoms with Crippen molar-refractivity contribution in [3.63, 3.8) is 0 Å². The molecular formula is C17H18INO5. The van der Waals surface area contributed by atoms with Crippen molar-refractivity contribution < 1.29 is 23.7 Å². The summed E-state index contributed by atoms with van der Waals surface area (Å²) in [4.78, 5) is 12.6. The molecule has 0 aliphatic heterocycles. The molecule has 0 radical (unpaired) electrons. The number of nitrogens with one attached hydrogen (secondary N) is 1. The summed E-state index contributed by atoms with van der Waals surface area (Å²) in [5, 5.41) is 2.84. The summed E-state index contributed by atoms with van der Waals surface area (Å²) < 4.78 is 21.7. The molecule has 7 heteroatoms. The van der Waals surface area contributed by atoms with E-state index in [1.54, 1.807) is 44.6 Å². The third kappa shape index (κ3) is 3.84. The molecule has 0 unspecified atom stereocenters. The van der Waals surface area contributed by atoms with E-state index in [0.717, 1.165) is 3.57 Å². The fraction of sp³-hybridized carbons (Fsp3) is 0.235. The maximum atomic E-state index is 12.6. The number of benzene rings is 2. The number of halogens is 1. The fourth-order valence-electron chi connectivity index (χ4n) is 2.12. The van der Waals surface area contributed by atoms with Crippen molar-refractivity contribution in [3.8, 4) is 23.0 Å². The largest absolute Gasteiger partial charge is 0.497 e. The normalized spacial score (nSPS) is 10.0. The first-order valence-electron chi connectivity index (χ1n) is 6.99. The first kappa shape index (κ1) is 18.2. The van der Waals surface area contributed by atoms with E-state index in [9.17, 15) is 4.79 Å². The third-order valence-corrected chi connectivity index (χ3v) is 4.27. The molecule has 0 aliphatic rings. The van der Waals surface area contributed by atoms with Crippen LogP contribution >= 0.6 is 22.6 Å². The summed E-state index contributed by atoms with van der Waals surface area (Å²) >= 11 is 2.08. The van der Waals surface area contributed by atoms with Gasteiger partial charge in [-0.1, -0.05) is 0 Å². The molecule has 0 aliphatic carbocycles. The maximum Gasteiger partial charge on any atom is 0.256 e. The van der Waals surface area contributed by atoms with Gasteiger partial charge in [-0.3, -0.25) is 4.79 Å². The lowest BCUT2D eigenvalue weighted by molar-refractivity contribution is 0.102. The van der Waals surface area contributed by atoms with Crippen LogP contribution in [-0.2, 0) is 0 Å². The van der Waals surface area contributed by atoms with Crippen molar-refractivity contribution in [2.45, 2.75) is 0 Å². The summed E-state index contributed by atoms with van der Waals surface area (Å²) in [6, 6.07) is 8.57. The van der Waals surface area contributed by atoms with Crippen LogP contribution in [0.2, 0.25) is 0 Å². The Balaban J connectivity index is 2.33. The van der Waals surface area contributed by atoms with Gasteiger partial charge in [-0.2, -0.15) is 0 Å². The standard InChI is InChI=1S/C17H18INO5/c1-21-10-5-6-13(14(7-10)22-2)19-17(20)11-8-15(23-3)16(24-4)9-12(11)18/h5-9H,1-4H3,(H,19,20). The minimum atomic E-state index is -0.274. The zero-order valence-electron chi connectivity index (χ0n) is 13.8. The van der Waals surface area contributed by atoms with Gasteiger partial charge in [0.15, 0.2) is 11.5 Å². The lowest BCUT2D eigenvalue weighted by Crippen LogP contribution is -2.14. The quantitative estimate of drug-likeness (QED) is 0.692. The van der Waals surface area contributed by atoms with Crippen LogP contribution in [0.4, 0.5) is 5.69 Å². The predicted octanol–water partition coefficient (Wildman–Crippen LogP) is 3.58. The highest BCUT2D eigenvalue weighted by Gasteiger charge is 2.17. The van der Waals surface area contributed by atoms with Crippen molar-refractivity contribution in [2.24, 2.45) is 0 Å². The van der Waals surface area contributed by atoms with Crippen LogP contribution < -0.4 is 24.3 Å². The molecule has 6 nitrogen and oxygen atoms in total. The van der Waals surface area contributed by atoms with E-state index in [-0.39, 0.29) is 5.91 Å². The van der Waals surface area contributed by atoms with Gasteiger partial charge < -0.3 is 24.3 Å². The Bertz CT molecular complexity index is 748. The van der Waals surface area contributed by atoms with Crippen molar-refractivity contribution in [2.75, 3.05) is 33.8 Å². The van der Waals surface area contributed by atoms with Gasteiger partial charge in [0.05, 0.1) is 39.7 Å². The average Bonchev–Trinajstić information content (AvgIpc) is 2.61. The summed E-state index contributed by atoms with van der Waals surface area (Å²) in [6.07, 6.45) is 0. The first-order valence-corrected chi connectivity index (χ1v) is 8.06. The van der Waals surface area contributed by atoms with E-state index in [2.05, 4.69) is 27.9 Å². The van der Waals surface area contributed by atoms with Crippen molar-refractivity contribution >= 4 is 34.2 Å². The van der Waals surface area contributed by atoms with Gasteiger partial charge in [-0.25, -0.2) is 0 Å². The van der Waals surface area contributed by atoms with E-state index in [0.29, 0.717) is 34.2 Å². The molecule has 2 aromatic carbocycles. The van der Waals surface area contributed by atoms with Gasteiger partial charge >= 0.3 is 0 Å². The smallest absolute Gasteiger partial charge is 0.256 e. The number of carbonyl (C=O) groups is 1. The predicted molar refractivity (Wildman–Crippen MR) is 99.8 cm³/mol. The molecule has 0 spiro atoms. The highest BCUT2D eigenvalue weighted by atomic mass is 127. The molecule has 128 valence electrons. The molecule has 0 aromatic heterocycles. The third-order valence-electron chi connectivity index (χ3n) is 3.37. The second kappa shape index (κ2) is 8.09.